The molecule has 1 aromatic carbocycles. The van der Waals surface area contributed by atoms with Crippen molar-refractivity contribution in [3.63, 3.8) is 0 Å². The fraction of sp³-hybridized carbons (Fsp3) is 0.421. The Morgan fingerprint density at radius 2 is 2.04 bits per heavy atom. The zero-order chi connectivity index (χ0) is 19.2. The molecular weight excluding hydrogens is 354 g/mol. The Hall–Kier alpha value is -2.77. The lowest BCUT2D eigenvalue weighted by molar-refractivity contribution is -0.121. The first-order valence-corrected chi connectivity index (χ1v) is 9.08. The van der Waals surface area contributed by atoms with Crippen LogP contribution in [0, 0.1) is 11.6 Å². The smallest absolute Gasteiger partial charge is 0.254 e. The van der Waals surface area contributed by atoms with E-state index in [4.69, 9.17) is 0 Å². The van der Waals surface area contributed by atoms with Crippen molar-refractivity contribution in [1.82, 2.24) is 20.2 Å². The number of aryl methyl sites for hydroxylation is 2. The van der Waals surface area contributed by atoms with Crippen LogP contribution in [-0.2, 0) is 24.3 Å². The first-order chi connectivity index (χ1) is 13.0. The molecule has 2 amide bonds. The lowest BCUT2D eigenvalue weighted by atomic mass is 10.2. The maximum absolute atomic E-state index is 13.5. The minimum absolute atomic E-state index is 0.136. The first kappa shape index (κ1) is 19.0. The van der Waals surface area contributed by atoms with Crippen LogP contribution in [0.1, 0.15) is 47.6 Å². The van der Waals surface area contributed by atoms with Crippen LogP contribution in [0.25, 0.3) is 0 Å². The molecule has 0 atom stereocenters. The average molecular weight is 376 g/mol. The maximum atomic E-state index is 13.5. The lowest BCUT2D eigenvalue weighted by Gasteiger charge is -2.11. The molecule has 0 saturated heterocycles. The summed E-state index contributed by atoms with van der Waals surface area (Å²) in [5.41, 5.74) is 0.630. The van der Waals surface area contributed by atoms with E-state index in [0.717, 1.165) is 49.5 Å². The average Bonchev–Trinajstić information content (AvgIpc) is 3.06. The number of hydrogen-bond acceptors (Lipinski definition) is 3. The molecule has 2 aromatic rings. The molecule has 0 fully saturated rings. The molecule has 6 nitrogen and oxygen atoms in total. The summed E-state index contributed by atoms with van der Waals surface area (Å²) in [6, 6.07) is 2.78. The Morgan fingerprint density at radius 3 is 2.81 bits per heavy atom. The van der Waals surface area contributed by atoms with E-state index in [1.165, 1.54) is 0 Å². The highest BCUT2D eigenvalue weighted by molar-refractivity contribution is 5.94. The van der Waals surface area contributed by atoms with E-state index in [1.54, 1.807) is 0 Å². The Labute approximate surface area is 156 Å². The summed E-state index contributed by atoms with van der Waals surface area (Å²) in [7, 11) is 0. The Kier molecular flexibility index (Phi) is 6.16. The normalized spacial score (nSPS) is 13.1. The van der Waals surface area contributed by atoms with Gasteiger partial charge in [-0.3, -0.25) is 9.59 Å². The number of rotatable bonds is 7. The molecule has 144 valence electrons. The molecule has 1 aliphatic rings. The maximum Gasteiger partial charge on any atom is 0.254 e. The molecule has 0 aliphatic carbocycles. The molecule has 2 heterocycles. The quantitative estimate of drug-likeness (QED) is 0.728. The van der Waals surface area contributed by atoms with Crippen molar-refractivity contribution in [3.05, 3.63) is 53.1 Å². The van der Waals surface area contributed by atoms with Gasteiger partial charge in [-0.1, -0.05) is 0 Å². The minimum Gasteiger partial charge on any atom is -0.352 e. The van der Waals surface area contributed by atoms with Crippen molar-refractivity contribution in [2.24, 2.45) is 0 Å². The van der Waals surface area contributed by atoms with Gasteiger partial charge in [0.25, 0.3) is 5.91 Å². The Morgan fingerprint density at radius 1 is 1.19 bits per heavy atom. The van der Waals surface area contributed by atoms with Crippen LogP contribution >= 0.6 is 0 Å². The number of nitrogens with zero attached hydrogens (tertiary/aromatic N) is 2. The van der Waals surface area contributed by atoms with Crippen LogP contribution in [0.15, 0.2) is 24.4 Å². The molecule has 0 radical (unpaired) electrons. The highest BCUT2D eigenvalue weighted by Gasteiger charge is 2.13. The van der Waals surface area contributed by atoms with E-state index in [2.05, 4.69) is 20.2 Å². The standard InChI is InChI=1S/C19H22F2N4O2/c20-13-6-7-15(16(21)10-13)19(27)22-8-3-5-18(26)23-11-14-12-25-9-2-1-4-17(25)24-14/h6-7,10,12H,1-5,8-9,11H2,(H,22,27)(H,23,26). The number of amides is 2. The number of carbonyl (C=O) groups excluding carboxylic acids is 2. The summed E-state index contributed by atoms with van der Waals surface area (Å²) in [6.45, 7) is 1.58. The molecule has 27 heavy (non-hydrogen) atoms. The zero-order valence-electron chi connectivity index (χ0n) is 14.9. The second-order valence-electron chi connectivity index (χ2n) is 6.56. The van der Waals surface area contributed by atoms with Crippen molar-refractivity contribution in [2.75, 3.05) is 6.54 Å². The number of nitrogens with one attached hydrogen (secondary N) is 2. The van der Waals surface area contributed by atoms with Gasteiger partial charge in [-0.2, -0.15) is 0 Å². The first-order valence-electron chi connectivity index (χ1n) is 9.08. The molecule has 1 aromatic heterocycles. The molecular formula is C19H22F2N4O2. The van der Waals surface area contributed by atoms with Crippen molar-refractivity contribution >= 4 is 11.8 Å². The van der Waals surface area contributed by atoms with Crippen LogP contribution in [-0.4, -0.2) is 27.9 Å². The van der Waals surface area contributed by atoms with Crippen LogP contribution in [0.3, 0.4) is 0 Å². The highest BCUT2D eigenvalue weighted by Crippen LogP contribution is 2.14. The van der Waals surface area contributed by atoms with E-state index in [9.17, 15) is 18.4 Å². The van der Waals surface area contributed by atoms with Crippen molar-refractivity contribution in [2.45, 2.75) is 45.2 Å². The predicted octanol–water partition coefficient (Wildman–Crippen LogP) is 2.32. The molecule has 0 saturated carbocycles. The zero-order valence-corrected chi connectivity index (χ0v) is 14.9. The van der Waals surface area contributed by atoms with Crippen molar-refractivity contribution in [3.8, 4) is 0 Å². The van der Waals surface area contributed by atoms with Gasteiger partial charge >= 0.3 is 0 Å². The largest absolute Gasteiger partial charge is 0.352 e. The van der Waals surface area contributed by atoms with Crippen molar-refractivity contribution in [1.29, 1.82) is 0 Å². The van der Waals surface area contributed by atoms with Crippen molar-refractivity contribution < 1.29 is 18.4 Å². The number of carbonyl (C=O) groups is 2. The summed E-state index contributed by atoms with van der Waals surface area (Å²) < 4.78 is 28.5. The van der Waals surface area contributed by atoms with Gasteiger partial charge in [-0.25, -0.2) is 13.8 Å². The Balaban J connectivity index is 1.36. The molecule has 3 rings (SSSR count). The van der Waals surface area contributed by atoms with Crippen LogP contribution < -0.4 is 10.6 Å². The fourth-order valence-corrected chi connectivity index (χ4v) is 3.05. The van der Waals surface area contributed by atoms with Gasteiger partial charge < -0.3 is 15.2 Å². The van der Waals surface area contributed by atoms with E-state index in [-0.39, 0.29) is 24.4 Å². The van der Waals surface area contributed by atoms with Crippen LogP contribution in [0.2, 0.25) is 0 Å². The third-order valence-electron chi connectivity index (χ3n) is 4.47. The lowest BCUT2D eigenvalue weighted by Crippen LogP contribution is -2.28. The van der Waals surface area contributed by atoms with E-state index in [1.807, 2.05) is 6.20 Å². The van der Waals surface area contributed by atoms with Gasteiger partial charge in [0.15, 0.2) is 0 Å². The summed E-state index contributed by atoms with van der Waals surface area (Å²) in [6.07, 6.45) is 5.91. The SMILES string of the molecule is O=C(CCCNC(=O)c1ccc(F)cc1F)NCc1cn2c(n1)CCCC2. The number of halogens is 2. The second-order valence-corrected chi connectivity index (χ2v) is 6.56. The monoisotopic (exact) mass is 376 g/mol. The van der Waals surface area contributed by atoms with Gasteiger partial charge in [-0.15, -0.1) is 0 Å². The molecule has 0 unspecified atom stereocenters. The van der Waals surface area contributed by atoms with E-state index >= 15 is 0 Å². The number of imidazole rings is 1. The molecule has 0 bridgehead atoms. The number of aromatic nitrogens is 2. The molecule has 2 N–H and O–H groups in total. The van der Waals surface area contributed by atoms with Gasteiger partial charge in [-0.05, 0) is 31.4 Å². The topological polar surface area (TPSA) is 76.0 Å². The third-order valence-corrected chi connectivity index (χ3v) is 4.47. The van der Waals surface area contributed by atoms with Crippen LogP contribution in [0.4, 0.5) is 8.78 Å². The van der Waals surface area contributed by atoms with Crippen LogP contribution in [0.5, 0.6) is 0 Å². The van der Waals surface area contributed by atoms with E-state index in [0.29, 0.717) is 19.0 Å². The van der Waals surface area contributed by atoms with Gasteiger partial charge in [0.05, 0.1) is 17.8 Å². The summed E-state index contributed by atoms with van der Waals surface area (Å²) >= 11 is 0. The number of hydrogen-bond donors (Lipinski definition) is 2. The highest BCUT2D eigenvalue weighted by atomic mass is 19.1. The summed E-state index contributed by atoms with van der Waals surface area (Å²) in [5.74, 6) is -1.34. The number of benzene rings is 1. The van der Waals surface area contributed by atoms with Gasteiger partial charge in [0, 0.05) is 38.2 Å². The Bertz CT molecular complexity index is 812. The minimum atomic E-state index is -0.909. The molecule has 8 heteroatoms. The van der Waals surface area contributed by atoms with Gasteiger partial charge in [0.2, 0.25) is 5.91 Å². The third kappa shape index (κ3) is 5.12. The summed E-state index contributed by atoms with van der Waals surface area (Å²) in [5, 5.41) is 5.34. The summed E-state index contributed by atoms with van der Waals surface area (Å²) in [4.78, 5) is 28.3. The molecule has 0 spiro atoms. The number of fused-ring (bicyclic) bond motifs is 1. The second kappa shape index (κ2) is 8.75. The van der Waals surface area contributed by atoms with E-state index < -0.39 is 17.5 Å². The van der Waals surface area contributed by atoms with Gasteiger partial charge in [0.1, 0.15) is 17.5 Å². The predicted molar refractivity (Wildman–Crippen MR) is 94.9 cm³/mol. The fourth-order valence-electron chi connectivity index (χ4n) is 3.05. The molecule has 1 aliphatic heterocycles.